The second-order valence-corrected chi connectivity index (χ2v) is 7.78. The number of benzene rings is 3. The molecule has 6 heteroatoms. The maximum absolute atomic E-state index is 12.0. The highest BCUT2D eigenvalue weighted by molar-refractivity contribution is 7.13. The normalized spacial score (nSPS) is 10.5. The van der Waals surface area contributed by atoms with E-state index in [9.17, 15) is 9.59 Å². The first kappa shape index (κ1) is 20.5. The SMILES string of the molecule is O=C(CNC(=O)c1ccccc1)NCc1ccc(-c2nc(-c3ccccc3)cs2)cc1. The van der Waals surface area contributed by atoms with Crippen LogP contribution >= 0.6 is 11.3 Å². The molecule has 5 nitrogen and oxygen atoms in total. The minimum atomic E-state index is -0.265. The lowest BCUT2D eigenvalue weighted by atomic mass is 10.1. The molecule has 2 amide bonds. The first-order chi connectivity index (χ1) is 15.2. The summed E-state index contributed by atoms with van der Waals surface area (Å²) in [5.74, 6) is -0.501. The number of thiazole rings is 1. The number of hydrogen-bond donors (Lipinski definition) is 2. The second kappa shape index (κ2) is 9.82. The van der Waals surface area contributed by atoms with Crippen LogP contribution in [0.5, 0.6) is 0 Å². The van der Waals surface area contributed by atoms with Crippen molar-refractivity contribution in [2.75, 3.05) is 6.54 Å². The average molecular weight is 428 g/mol. The van der Waals surface area contributed by atoms with Crippen molar-refractivity contribution in [3.8, 4) is 21.8 Å². The summed E-state index contributed by atoms with van der Waals surface area (Å²) in [7, 11) is 0. The van der Waals surface area contributed by atoms with Gasteiger partial charge in [-0.05, 0) is 17.7 Å². The molecule has 0 saturated carbocycles. The number of nitrogens with zero attached hydrogens (tertiary/aromatic N) is 1. The molecule has 0 aliphatic rings. The van der Waals surface area contributed by atoms with E-state index >= 15 is 0 Å². The summed E-state index contributed by atoms with van der Waals surface area (Å²) < 4.78 is 0. The zero-order valence-corrected chi connectivity index (χ0v) is 17.6. The number of hydrogen-bond acceptors (Lipinski definition) is 4. The van der Waals surface area contributed by atoms with Crippen LogP contribution in [0.3, 0.4) is 0 Å². The molecule has 31 heavy (non-hydrogen) atoms. The van der Waals surface area contributed by atoms with Gasteiger partial charge in [-0.25, -0.2) is 4.98 Å². The first-order valence-electron chi connectivity index (χ1n) is 9.89. The zero-order valence-electron chi connectivity index (χ0n) is 16.7. The maximum Gasteiger partial charge on any atom is 0.251 e. The molecule has 4 rings (SSSR count). The van der Waals surface area contributed by atoms with Crippen LogP contribution in [0, 0.1) is 0 Å². The highest BCUT2D eigenvalue weighted by Crippen LogP contribution is 2.28. The van der Waals surface area contributed by atoms with E-state index in [0.717, 1.165) is 27.4 Å². The Morgan fingerprint density at radius 1 is 0.774 bits per heavy atom. The van der Waals surface area contributed by atoms with E-state index < -0.39 is 0 Å². The standard InChI is InChI=1S/C25H21N3O2S/c29-23(16-27-24(30)20-9-5-2-6-10-20)26-15-18-11-13-21(14-12-18)25-28-22(17-31-25)19-7-3-1-4-8-19/h1-14,17H,15-16H2,(H,26,29)(H,27,30). The van der Waals surface area contributed by atoms with Crippen LogP contribution < -0.4 is 10.6 Å². The quantitative estimate of drug-likeness (QED) is 0.455. The molecule has 0 unspecified atom stereocenters. The second-order valence-electron chi connectivity index (χ2n) is 6.93. The van der Waals surface area contributed by atoms with Gasteiger partial charge >= 0.3 is 0 Å². The van der Waals surface area contributed by atoms with E-state index in [1.54, 1.807) is 35.6 Å². The van der Waals surface area contributed by atoms with Crippen molar-refractivity contribution in [2.45, 2.75) is 6.54 Å². The van der Waals surface area contributed by atoms with Gasteiger partial charge < -0.3 is 10.6 Å². The molecule has 3 aromatic carbocycles. The third-order valence-corrected chi connectivity index (χ3v) is 5.60. The minimum absolute atomic E-state index is 0.0623. The third kappa shape index (κ3) is 5.43. The lowest BCUT2D eigenvalue weighted by Gasteiger charge is -2.07. The fraction of sp³-hybridized carbons (Fsp3) is 0.0800. The van der Waals surface area contributed by atoms with Crippen LogP contribution in [0.1, 0.15) is 15.9 Å². The Morgan fingerprint density at radius 2 is 1.45 bits per heavy atom. The molecule has 0 fully saturated rings. The summed E-state index contributed by atoms with van der Waals surface area (Å²) >= 11 is 1.61. The van der Waals surface area contributed by atoms with E-state index in [2.05, 4.69) is 16.0 Å². The van der Waals surface area contributed by atoms with E-state index in [1.165, 1.54) is 0 Å². The van der Waals surface area contributed by atoms with Crippen LogP contribution in [0.15, 0.2) is 90.3 Å². The van der Waals surface area contributed by atoms with Gasteiger partial charge in [-0.15, -0.1) is 11.3 Å². The number of aromatic nitrogens is 1. The van der Waals surface area contributed by atoms with Crippen LogP contribution in [0.2, 0.25) is 0 Å². The summed E-state index contributed by atoms with van der Waals surface area (Å²) in [6.07, 6.45) is 0. The molecular weight excluding hydrogens is 406 g/mol. The molecule has 0 saturated heterocycles. The summed E-state index contributed by atoms with van der Waals surface area (Å²) in [4.78, 5) is 28.8. The van der Waals surface area contributed by atoms with Gasteiger partial charge in [0, 0.05) is 28.6 Å². The predicted molar refractivity (Wildman–Crippen MR) is 124 cm³/mol. The van der Waals surface area contributed by atoms with Gasteiger partial charge in [-0.2, -0.15) is 0 Å². The van der Waals surface area contributed by atoms with E-state index in [-0.39, 0.29) is 18.4 Å². The number of rotatable bonds is 7. The Bertz CT molecular complexity index is 1160. The molecule has 0 atom stereocenters. The minimum Gasteiger partial charge on any atom is -0.350 e. The number of amides is 2. The van der Waals surface area contributed by atoms with Gasteiger partial charge in [-0.1, -0.05) is 72.8 Å². The topological polar surface area (TPSA) is 71.1 Å². The first-order valence-corrected chi connectivity index (χ1v) is 10.8. The fourth-order valence-corrected chi connectivity index (χ4v) is 3.86. The highest BCUT2D eigenvalue weighted by atomic mass is 32.1. The molecule has 0 radical (unpaired) electrons. The van der Waals surface area contributed by atoms with E-state index in [4.69, 9.17) is 4.98 Å². The lowest BCUT2D eigenvalue weighted by molar-refractivity contribution is -0.120. The largest absolute Gasteiger partial charge is 0.350 e. The van der Waals surface area contributed by atoms with Gasteiger partial charge in [0.1, 0.15) is 5.01 Å². The lowest BCUT2D eigenvalue weighted by Crippen LogP contribution is -2.36. The van der Waals surface area contributed by atoms with Crippen LogP contribution in [-0.4, -0.2) is 23.3 Å². The summed E-state index contributed by atoms with van der Waals surface area (Å²) in [6, 6.07) is 26.9. The van der Waals surface area contributed by atoms with Crippen molar-refractivity contribution >= 4 is 23.2 Å². The average Bonchev–Trinajstić information content (AvgIpc) is 3.33. The van der Waals surface area contributed by atoms with Crippen LogP contribution in [0.25, 0.3) is 21.8 Å². The van der Waals surface area contributed by atoms with Crippen molar-refractivity contribution in [1.82, 2.24) is 15.6 Å². The van der Waals surface area contributed by atoms with Gasteiger partial charge in [0.2, 0.25) is 5.91 Å². The molecule has 1 heterocycles. The maximum atomic E-state index is 12.0. The van der Waals surface area contributed by atoms with Gasteiger partial charge in [0.25, 0.3) is 5.91 Å². The number of carbonyl (C=O) groups excluding carboxylic acids is 2. The Balaban J connectivity index is 1.28. The zero-order chi connectivity index (χ0) is 21.5. The van der Waals surface area contributed by atoms with Crippen LogP contribution in [-0.2, 0) is 11.3 Å². The predicted octanol–water partition coefficient (Wildman–Crippen LogP) is 4.52. The molecule has 0 aliphatic heterocycles. The highest BCUT2D eigenvalue weighted by Gasteiger charge is 2.09. The molecule has 0 spiro atoms. The van der Waals surface area contributed by atoms with E-state index in [0.29, 0.717) is 12.1 Å². The van der Waals surface area contributed by atoms with Gasteiger partial charge in [0.05, 0.1) is 12.2 Å². The number of nitrogens with one attached hydrogen (secondary N) is 2. The van der Waals surface area contributed by atoms with Crippen molar-refractivity contribution < 1.29 is 9.59 Å². The third-order valence-electron chi connectivity index (χ3n) is 4.71. The van der Waals surface area contributed by atoms with E-state index in [1.807, 2.05) is 60.7 Å². The summed E-state index contributed by atoms with van der Waals surface area (Å²) in [5.41, 5.74) is 4.62. The smallest absolute Gasteiger partial charge is 0.251 e. The summed E-state index contributed by atoms with van der Waals surface area (Å²) in [5, 5.41) is 8.46. The Labute approximate surface area is 184 Å². The van der Waals surface area contributed by atoms with Crippen molar-refractivity contribution in [1.29, 1.82) is 0 Å². The molecule has 2 N–H and O–H groups in total. The van der Waals surface area contributed by atoms with Crippen LogP contribution in [0.4, 0.5) is 0 Å². The monoisotopic (exact) mass is 427 g/mol. The fourth-order valence-electron chi connectivity index (χ4n) is 3.03. The van der Waals surface area contributed by atoms with Gasteiger partial charge in [0.15, 0.2) is 0 Å². The van der Waals surface area contributed by atoms with Gasteiger partial charge in [-0.3, -0.25) is 9.59 Å². The number of carbonyl (C=O) groups is 2. The molecule has 1 aromatic heterocycles. The van der Waals surface area contributed by atoms with Crippen molar-refractivity contribution in [2.24, 2.45) is 0 Å². The molecule has 0 aliphatic carbocycles. The Kier molecular flexibility index (Phi) is 6.50. The molecular formula is C25H21N3O2S. The molecule has 4 aromatic rings. The Morgan fingerprint density at radius 3 is 2.16 bits per heavy atom. The van der Waals surface area contributed by atoms with Crippen molar-refractivity contribution in [3.05, 3.63) is 101 Å². The Hall–Kier alpha value is -3.77. The molecule has 154 valence electrons. The summed E-state index contributed by atoms with van der Waals surface area (Å²) in [6.45, 7) is 0.334. The molecule has 0 bridgehead atoms. The van der Waals surface area contributed by atoms with Crippen molar-refractivity contribution in [3.63, 3.8) is 0 Å².